The smallest absolute Gasteiger partial charge is 0.341 e. The number of carbonyl (C=O) groups is 2. The quantitative estimate of drug-likeness (QED) is 0.366. The Bertz CT molecular complexity index is 1690. The van der Waals surface area contributed by atoms with Gasteiger partial charge in [0.25, 0.3) is 5.56 Å². The lowest BCUT2D eigenvalue weighted by Gasteiger charge is -2.25. The van der Waals surface area contributed by atoms with Crippen LogP contribution in [-0.4, -0.2) is 49.0 Å². The number of halogens is 2. The molecule has 210 valence electrons. The number of nitrogens with zero attached hydrogens (tertiary/aromatic N) is 2. The van der Waals surface area contributed by atoms with Crippen LogP contribution in [0.5, 0.6) is 17.2 Å². The summed E-state index contributed by atoms with van der Waals surface area (Å²) in [6.45, 7) is 2.91. The van der Waals surface area contributed by atoms with Gasteiger partial charge in [0.05, 0.1) is 52.7 Å². The first-order valence-corrected chi connectivity index (χ1v) is 13.4. The number of benzene rings is 2. The van der Waals surface area contributed by atoms with Crippen LogP contribution in [0.1, 0.15) is 31.0 Å². The molecule has 1 N–H and O–H groups in total. The number of carboxylic acids is 1. The lowest BCUT2D eigenvalue weighted by molar-refractivity contribution is -0.140. The van der Waals surface area contributed by atoms with Crippen molar-refractivity contribution in [2.75, 3.05) is 27.4 Å². The second kappa shape index (κ2) is 12.2. The van der Waals surface area contributed by atoms with Crippen molar-refractivity contribution in [2.24, 2.45) is 4.99 Å². The minimum absolute atomic E-state index is 0.0208. The molecule has 0 saturated heterocycles. The number of fused-ring (bicyclic) bond motifs is 1. The molecule has 0 amide bonds. The fraction of sp³-hybridized carbons (Fsp3) is 0.259. The van der Waals surface area contributed by atoms with E-state index in [-0.39, 0.29) is 28.0 Å². The molecule has 0 unspecified atom stereocenters. The van der Waals surface area contributed by atoms with Crippen molar-refractivity contribution >= 4 is 52.6 Å². The molecule has 0 fully saturated rings. The number of rotatable bonds is 9. The van der Waals surface area contributed by atoms with E-state index in [9.17, 15) is 14.4 Å². The average molecular weight is 607 g/mol. The minimum Gasteiger partial charge on any atom is -0.493 e. The highest BCUT2D eigenvalue weighted by Gasteiger charge is 2.34. The second-order valence-corrected chi connectivity index (χ2v) is 10.2. The Hall–Kier alpha value is -3.80. The van der Waals surface area contributed by atoms with Gasteiger partial charge in [0.1, 0.15) is 0 Å². The molecule has 1 aliphatic rings. The molecule has 0 saturated carbocycles. The SMILES string of the molecule is CCOC(=O)C1=C(C)N=c2s/c(=C\c3cc(Cl)c(OCC(=O)O)c(Cl)c3)c(=O)n2[C@H]1c1ccc(OC)c(OC)c1. The first-order valence-electron chi connectivity index (χ1n) is 11.8. The number of esters is 1. The third-order valence-corrected chi connectivity index (χ3v) is 7.44. The van der Waals surface area contributed by atoms with E-state index in [4.69, 9.17) is 47.3 Å². The van der Waals surface area contributed by atoms with Crippen molar-refractivity contribution < 1.29 is 33.6 Å². The highest BCUT2D eigenvalue weighted by Crippen LogP contribution is 2.36. The highest BCUT2D eigenvalue weighted by molar-refractivity contribution is 7.07. The molecule has 1 aliphatic heterocycles. The molecule has 1 aromatic heterocycles. The topological polar surface area (TPSA) is 126 Å². The van der Waals surface area contributed by atoms with Gasteiger partial charge in [0, 0.05) is 0 Å². The van der Waals surface area contributed by atoms with Crippen LogP contribution in [0.2, 0.25) is 10.0 Å². The lowest BCUT2D eigenvalue weighted by atomic mass is 9.95. The average Bonchev–Trinajstić information content (AvgIpc) is 3.20. The fourth-order valence-electron chi connectivity index (χ4n) is 4.22. The molecule has 10 nitrogen and oxygen atoms in total. The van der Waals surface area contributed by atoms with E-state index in [0.29, 0.717) is 37.7 Å². The highest BCUT2D eigenvalue weighted by atomic mass is 35.5. The Balaban J connectivity index is 1.90. The van der Waals surface area contributed by atoms with Crippen LogP contribution in [0.25, 0.3) is 6.08 Å². The van der Waals surface area contributed by atoms with Crippen LogP contribution in [0.4, 0.5) is 0 Å². The Morgan fingerprint density at radius 3 is 2.40 bits per heavy atom. The summed E-state index contributed by atoms with van der Waals surface area (Å²) in [7, 11) is 3.01. The summed E-state index contributed by atoms with van der Waals surface area (Å²) >= 11 is 13.7. The first-order chi connectivity index (χ1) is 19.1. The van der Waals surface area contributed by atoms with E-state index in [2.05, 4.69) is 4.99 Å². The number of carbonyl (C=O) groups excluding carboxylic acids is 1. The van der Waals surface area contributed by atoms with Gasteiger partial charge in [-0.3, -0.25) is 9.36 Å². The maximum Gasteiger partial charge on any atom is 0.341 e. The predicted molar refractivity (Wildman–Crippen MR) is 150 cm³/mol. The molecular formula is C27H24Cl2N2O8S. The molecule has 13 heteroatoms. The maximum atomic E-state index is 13.8. The normalized spacial score (nSPS) is 14.8. The van der Waals surface area contributed by atoms with E-state index in [1.54, 1.807) is 38.1 Å². The number of methoxy groups -OCH3 is 2. The van der Waals surface area contributed by atoms with Crippen LogP contribution in [0.3, 0.4) is 0 Å². The van der Waals surface area contributed by atoms with E-state index >= 15 is 0 Å². The molecule has 1 atom stereocenters. The van der Waals surface area contributed by atoms with Crippen LogP contribution in [-0.2, 0) is 14.3 Å². The van der Waals surface area contributed by atoms with Gasteiger partial charge in [-0.1, -0.05) is 40.6 Å². The molecule has 40 heavy (non-hydrogen) atoms. The molecule has 2 aromatic carbocycles. The van der Waals surface area contributed by atoms with Crippen molar-refractivity contribution in [3.05, 3.63) is 82.5 Å². The van der Waals surface area contributed by atoms with Gasteiger partial charge in [0.15, 0.2) is 28.7 Å². The number of hydrogen-bond acceptors (Lipinski definition) is 9. The molecular weight excluding hydrogens is 583 g/mol. The largest absolute Gasteiger partial charge is 0.493 e. The Morgan fingerprint density at radius 2 is 1.80 bits per heavy atom. The summed E-state index contributed by atoms with van der Waals surface area (Å²) in [5, 5.41) is 9.03. The van der Waals surface area contributed by atoms with Gasteiger partial charge in [-0.2, -0.15) is 0 Å². The van der Waals surface area contributed by atoms with E-state index in [1.165, 1.54) is 30.9 Å². The van der Waals surface area contributed by atoms with Crippen molar-refractivity contribution in [1.82, 2.24) is 4.57 Å². The fourth-order valence-corrected chi connectivity index (χ4v) is 5.88. The molecule has 3 aromatic rings. The standard InChI is InChI=1S/C27H24Cl2N2O8S/c1-5-38-26(35)22-13(2)30-27-31(23(22)15-6-7-18(36-3)19(11-15)37-4)25(34)20(40-27)10-14-8-16(28)24(17(29)9-14)39-12-21(32)33/h6-11,23H,5,12H2,1-4H3,(H,32,33)/b20-10-/t23-/m0/s1. The van der Waals surface area contributed by atoms with Crippen molar-refractivity contribution in [3.8, 4) is 17.2 Å². The van der Waals surface area contributed by atoms with Gasteiger partial charge in [-0.15, -0.1) is 0 Å². The molecule has 0 spiro atoms. The maximum absolute atomic E-state index is 13.8. The summed E-state index contributed by atoms with van der Waals surface area (Å²) in [6, 6.07) is 7.30. The zero-order chi connectivity index (χ0) is 29.1. The van der Waals surface area contributed by atoms with E-state index in [1.807, 2.05) is 0 Å². The zero-order valence-electron chi connectivity index (χ0n) is 21.8. The second-order valence-electron chi connectivity index (χ2n) is 8.41. The molecule has 0 bridgehead atoms. The zero-order valence-corrected chi connectivity index (χ0v) is 24.1. The van der Waals surface area contributed by atoms with Gasteiger partial charge in [-0.25, -0.2) is 14.6 Å². The number of hydrogen-bond donors (Lipinski definition) is 1. The monoisotopic (exact) mass is 606 g/mol. The van der Waals surface area contributed by atoms with Crippen LogP contribution in [0.15, 0.2) is 51.4 Å². The Kier molecular flexibility index (Phi) is 8.87. The number of ether oxygens (including phenoxy) is 4. The third-order valence-electron chi connectivity index (χ3n) is 5.90. The summed E-state index contributed by atoms with van der Waals surface area (Å²) in [5.41, 5.74) is 1.30. The van der Waals surface area contributed by atoms with Gasteiger partial charge < -0.3 is 24.1 Å². The summed E-state index contributed by atoms with van der Waals surface area (Å²) in [5.74, 6) is -0.837. The van der Waals surface area contributed by atoms with Gasteiger partial charge in [0.2, 0.25) is 0 Å². The minimum atomic E-state index is -1.18. The lowest BCUT2D eigenvalue weighted by Crippen LogP contribution is -2.40. The van der Waals surface area contributed by atoms with E-state index < -0.39 is 30.1 Å². The number of carboxylic acid groups (broad SMARTS) is 1. The van der Waals surface area contributed by atoms with Crippen LogP contribution >= 0.6 is 34.5 Å². The number of aliphatic carboxylic acids is 1. The molecule has 2 heterocycles. The Labute approximate surface area is 242 Å². The van der Waals surface area contributed by atoms with Crippen molar-refractivity contribution in [1.29, 1.82) is 0 Å². The third kappa shape index (κ3) is 5.72. The number of allylic oxidation sites excluding steroid dienone is 1. The van der Waals surface area contributed by atoms with Crippen molar-refractivity contribution in [3.63, 3.8) is 0 Å². The Morgan fingerprint density at radius 1 is 1.12 bits per heavy atom. The van der Waals surface area contributed by atoms with Crippen LogP contribution in [0, 0.1) is 0 Å². The van der Waals surface area contributed by atoms with Gasteiger partial charge >= 0.3 is 11.9 Å². The summed E-state index contributed by atoms with van der Waals surface area (Å²) in [6.07, 6.45) is 1.58. The summed E-state index contributed by atoms with van der Waals surface area (Å²) in [4.78, 5) is 42.7. The molecule has 0 aliphatic carbocycles. The molecule has 4 rings (SSSR count). The number of aromatic nitrogens is 1. The van der Waals surface area contributed by atoms with E-state index in [0.717, 1.165) is 11.3 Å². The summed E-state index contributed by atoms with van der Waals surface area (Å²) < 4.78 is 23.0. The van der Waals surface area contributed by atoms with Crippen molar-refractivity contribution in [2.45, 2.75) is 19.9 Å². The first kappa shape index (κ1) is 29.2. The van der Waals surface area contributed by atoms with Gasteiger partial charge in [-0.05, 0) is 55.3 Å². The number of thiazole rings is 1. The molecule has 0 radical (unpaired) electrons. The van der Waals surface area contributed by atoms with Crippen LogP contribution < -0.4 is 29.1 Å². The predicted octanol–water partition coefficient (Wildman–Crippen LogP) is 3.59.